The van der Waals surface area contributed by atoms with Gasteiger partial charge in [0.05, 0.1) is 11.7 Å². The molecule has 7 heteroatoms. The summed E-state index contributed by atoms with van der Waals surface area (Å²) < 4.78 is 1.77. The molecule has 2 saturated heterocycles. The number of pyridine rings is 1. The predicted octanol–water partition coefficient (Wildman–Crippen LogP) is 0.791. The molecule has 2 aliphatic heterocycles. The number of amides is 1. The van der Waals surface area contributed by atoms with Gasteiger partial charge in [-0.25, -0.2) is 0 Å². The van der Waals surface area contributed by atoms with E-state index in [4.69, 9.17) is 0 Å². The average molecular weight is 329 g/mol. The van der Waals surface area contributed by atoms with Gasteiger partial charge in [-0.2, -0.15) is 0 Å². The summed E-state index contributed by atoms with van der Waals surface area (Å²) in [5.74, 6) is 0.0331. The number of hydrogen-bond acceptors (Lipinski definition) is 5. The van der Waals surface area contributed by atoms with Gasteiger partial charge in [-0.3, -0.25) is 14.1 Å². The number of aliphatic hydroxyl groups is 1. The zero-order chi connectivity index (χ0) is 16.5. The summed E-state index contributed by atoms with van der Waals surface area (Å²) in [6.45, 7) is 3.35. The first-order valence-corrected chi connectivity index (χ1v) is 8.72. The van der Waals surface area contributed by atoms with Crippen molar-refractivity contribution in [1.82, 2.24) is 24.4 Å². The van der Waals surface area contributed by atoms with Crippen LogP contribution in [0.25, 0.3) is 5.65 Å². The molecule has 2 fully saturated rings. The Hall–Kier alpha value is -1.99. The molecule has 0 bridgehead atoms. The zero-order valence-electron chi connectivity index (χ0n) is 13.7. The molecule has 2 aliphatic rings. The topological polar surface area (TPSA) is 74.0 Å². The lowest BCUT2D eigenvalue weighted by Gasteiger charge is -2.41. The number of β-amino-alcohol motifs (C(OH)–C–C–N with tert-alkyl or cyclic N) is 1. The zero-order valence-corrected chi connectivity index (χ0v) is 13.7. The van der Waals surface area contributed by atoms with E-state index in [0.29, 0.717) is 17.3 Å². The molecule has 0 aliphatic carbocycles. The summed E-state index contributed by atoms with van der Waals surface area (Å²) in [5.41, 5.74) is 1.23. The molecule has 0 aromatic carbocycles. The largest absolute Gasteiger partial charge is 0.392 e. The minimum Gasteiger partial charge on any atom is -0.392 e. The van der Waals surface area contributed by atoms with Crippen LogP contribution >= 0.6 is 0 Å². The fraction of sp³-hybridized carbons (Fsp3) is 0.588. The van der Waals surface area contributed by atoms with Crippen LogP contribution in [0.5, 0.6) is 0 Å². The van der Waals surface area contributed by atoms with Crippen LogP contribution in [0, 0.1) is 0 Å². The molecule has 0 radical (unpaired) electrons. The molecule has 2 aromatic rings. The molecule has 0 saturated carbocycles. The molecular formula is C17H23N5O2. The normalized spacial score (nSPS) is 23.7. The van der Waals surface area contributed by atoms with E-state index in [1.165, 1.54) is 0 Å². The lowest BCUT2D eigenvalue weighted by molar-refractivity contribution is 0.0241. The number of fused-ring (bicyclic) bond motifs is 1. The number of carbonyl (C=O) groups excluding carboxylic acids is 1. The van der Waals surface area contributed by atoms with Gasteiger partial charge in [-0.1, -0.05) is 0 Å². The number of aromatic nitrogens is 3. The third kappa shape index (κ3) is 2.89. The van der Waals surface area contributed by atoms with Crippen molar-refractivity contribution < 1.29 is 9.90 Å². The predicted molar refractivity (Wildman–Crippen MR) is 88.7 cm³/mol. The first-order chi connectivity index (χ1) is 11.7. The molecular weight excluding hydrogens is 306 g/mol. The van der Waals surface area contributed by atoms with Crippen molar-refractivity contribution in [2.45, 2.75) is 37.8 Å². The summed E-state index contributed by atoms with van der Waals surface area (Å²) in [4.78, 5) is 17.2. The van der Waals surface area contributed by atoms with Gasteiger partial charge >= 0.3 is 0 Å². The third-order valence-corrected chi connectivity index (χ3v) is 5.25. The lowest BCUT2D eigenvalue weighted by Crippen LogP contribution is -2.50. The molecule has 7 nitrogen and oxygen atoms in total. The second kappa shape index (κ2) is 6.49. The van der Waals surface area contributed by atoms with Crippen LogP contribution in [0.3, 0.4) is 0 Å². The van der Waals surface area contributed by atoms with Crippen molar-refractivity contribution in [3.05, 3.63) is 30.2 Å². The van der Waals surface area contributed by atoms with Crippen LogP contribution in [-0.2, 0) is 0 Å². The molecule has 24 heavy (non-hydrogen) atoms. The van der Waals surface area contributed by atoms with E-state index >= 15 is 0 Å². The summed E-state index contributed by atoms with van der Waals surface area (Å²) in [5, 5.41) is 17.8. The summed E-state index contributed by atoms with van der Waals surface area (Å²) in [7, 11) is 0. The van der Waals surface area contributed by atoms with Crippen LogP contribution < -0.4 is 0 Å². The Morgan fingerprint density at radius 1 is 1.21 bits per heavy atom. The van der Waals surface area contributed by atoms with Crippen molar-refractivity contribution in [2.24, 2.45) is 0 Å². The van der Waals surface area contributed by atoms with Crippen LogP contribution in [0.1, 0.15) is 36.0 Å². The number of carbonyl (C=O) groups is 1. The van der Waals surface area contributed by atoms with Gasteiger partial charge in [0, 0.05) is 31.9 Å². The molecule has 4 rings (SSSR count). The van der Waals surface area contributed by atoms with Crippen LogP contribution in [0.4, 0.5) is 0 Å². The van der Waals surface area contributed by atoms with E-state index in [-0.39, 0.29) is 12.0 Å². The molecule has 0 unspecified atom stereocenters. The second-order valence-corrected chi connectivity index (χ2v) is 6.80. The van der Waals surface area contributed by atoms with E-state index in [1.54, 1.807) is 10.7 Å². The van der Waals surface area contributed by atoms with Crippen molar-refractivity contribution >= 4 is 11.6 Å². The van der Waals surface area contributed by atoms with Crippen molar-refractivity contribution in [3.8, 4) is 0 Å². The Kier molecular flexibility index (Phi) is 4.20. The molecule has 2 aromatic heterocycles. The van der Waals surface area contributed by atoms with Gasteiger partial charge in [0.15, 0.2) is 5.65 Å². The van der Waals surface area contributed by atoms with E-state index in [1.807, 2.05) is 23.2 Å². The Morgan fingerprint density at radius 3 is 2.83 bits per heavy atom. The van der Waals surface area contributed by atoms with Gasteiger partial charge in [0.1, 0.15) is 6.33 Å². The highest BCUT2D eigenvalue weighted by atomic mass is 16.3. The molecule has 1 N–H and O–H groups in total. The second-order valence-electron chi connectivity index (χ2n) is 6.80. The van der Waals surface area contributed by atoms with Gasteiger partial charge in [0.2, 0.25) is 0 Å². The van der Waals surface area contributed by atoms with Crippen molar-refractivity contribution in [2.75, 3.05) is 26.2 Å². The Morgan fingerprint density at radius 2 is 2.04 bits per heavy atom. The maximum absolute atomic E-state index is 12.8. The van der Waals surface area contributed by atoms with E-state index < -0.39 is 0 Å². The number of hydrogen-bond donors (Lipinski definition) is 1. The third-order valence-electron chi connectivity index (χ3n) is 5.25. The van der Waals surface area contributed by atoms with Gasteiger partial charge < -0.3 is 10.0 Å². The Labute approximate surface area is 140 Å². The smallest absolute Gasteiger partial charge is 0.257 e. The fourth-order valence-electron chi connectivity index (χ4n) is 3.94. The lowest BCUT2D eigenvalue weighted by atomic mass is 9.98. The maximum atomic E-state index is 12.8. The molecule has 0 spiro atoms. The van der Waals surface area contributed by atoms with Gasteiger partial charge in [0.25, 0.3) is 5.91 Å². The minimum absolute atomic E-state index is 0.0331. The van der Waals surface area contributed by atoms with E-state index in [0.717, 1.165) is 51.9 Å². The van der Waals surface area contributed by atoms with Gasteiger partial charge in [-0.15, -0.1) is 10.2 Å². The summed E-state index contributed by atoms with van der Waals surface area (Å²) in [6, 6.07) is 4.15. The molecule has 128 valence electrons. The molecule has 1 amide bonds. The maximum Gasteiger partial charge on any atom is 0.257 e. The van der Waals surface area contributed by atoms with E-state index in [9.17, 15) is 9.90 Å². The Balaban J connectivity index is 1.42. The minimum atomic E-state index is -0.191. The van der Waals surface area contributed by atoms with Crippen molar-refractivity contribution in [3.63, 3.8) is 0 Å². The molecule has 4 heterocycles. The van der Waals surface area contributed by atoms with Crippen LogP contribution in [-0.4, -0.2) is 73.7 Å². The highest BCUT2D eigenvalue weighted by Gasteiger charge is 2.30. The number of nitrogens with zero attached hydrogens (tertiary/aromatic N) is 5. The standard InChI is InChI=1S/C17H23N5O2/c23-14-3-1-7-21(11-14)13-5-9-20(10-6-13)17(24)15-4-2-8-22-12-18-19-16(15)22/h2,4,8,12-14,23H,1,3,5-7,9-11H2/t14-/m0/s1. The van der Waals surface area contributed by atoms with Crippen LogP contribution in [0.15, 0.2) is 24.7 Å². The first kappa shape index (κ1) is 15.5. The number of piperidine rings is 2. The van der Waals surface area contributed by atoms with Crippen molar-refractivity contribution in [1.29, 1.82) is 0 Å². The molecule has 1 atom stereocenters. The number of rotatable bonds is 2. The quantitative estimate of drug-likeness (QED) is 0.882. The number of aliphatic hydroxyl groups excluding tert-OH is 1. The van der Waals surface area contributed by atoms with Gasteiger partial charge in [-0.05, 0) is 44.4 Å². The monoisotopic (exact) mass is 329 g/mol. The Bertz CT molecular complexity index is 723. The summed E-state index contributed by atoms with van der Waals surface area (Å²) in [6.07, 6.45) is 7.18. The summed E-state index contributed by atoms with van der Waals surface area (Å²) >= 11 is 0. The van der Waals surface area contributed by atoms with E-state index in [2.05, 4.69) is 15.1 Å². The highest BCUT2D eigenvalue weighted by molar-refractivity contribution is 5.99. The van der Waals surface area contributed by atoms with Crippen LogP contribution in [0.2, 0.25) is 0 Å². The number of likely N-dealkylation sites (tertiary alicyclic amines) is 2. The first-order valence-electron chi connectivity index (χ1n) is 8.72. The highest BCUT2D eigenvalue weighted by Crippen LogP contribution is 2.22. The average Bonchev–Trinajstić information content (AvgIpc) is 3.10. The SMILES string of the molecule is O=C(c1cccn2cnnc12)N1CCC(N2CCC[C@H](O)C2)CC1. The fourth-order valence-corrected chi connectivity index (χ4v) is 3.94.